The minimum Gasteiger partial charge on any atom is -0.385 e. The highest BCUT2D eigenvalue weighted by molar-refractivity contribution is 6.22. The minimum absolute atomic E-state index is 0.0673. The highest BCUT2D eigenvalue weighted by atomic mass is 19.4. The van der Waals surface area contributed by atoms with Crippen LogP contribution in [0.25, 0.3) is 0 Å². The summed E-state index contributed by atoms with van der Waals surface area (Å²) in [6, 6.07) is 8.83. The molecule has 2 saturated heterocycles. The van der Waals surface area contributed by atoms with E-state index in [9.17, 15) is 38.0 Å². The zero-order valence-electron chi connectivity index (χ0n) is 20.8. The van der Waals surface area contributed by atoms with E-state index in [4.69, 9.17) is 0 Å². The van der Waals surface area contributed by atoms with Gasteiger partial charge in [-0.15, -0.1) is 0 Å². The molecule has 3 fully saturated rings. The molecule has 0 spiro atoms. The Morgan fingerprint density at radius 1 is 1.03 bits per heavy atom. The number of fused-ring (bicyclic) bond motifs is 1. The van der Waals surface area contributed by atoms with E-state index in [0.717, 1.165) is 23.5 Å². The number of rotatable bonds is 4. The van der Waals surface area contributed by atoms with E-state index in [0.29, 0.717) is 18.8 Å². The zero-order chi connectivity index (χ0) is 27.4. The second kappa shape index (κ2) is 9.37. The number of benzene rings is 2. The standard InChI is InChI=1S/C27H28F3N3O5/c1-16-5-7-20-21(13-16)25(35)32(24(20)34)19-6-8-22(23(15-19)33(37)38)31-11-9-26(36,10-12-31)17-3-2-4-18(14-17)27(28,29)30/h2-4,6,8,14-16,20-21,36H,5,7,9-13H2,1H3/t16-,20-,21-/m1/s1. The first-order chi connectivity index (χ1) is 17.9. The van der Waals surface area contributed by atoms with Gasteiger partial charge in [-0.25, -0.2) is 4.90 Å². The molecule has 0 bridgehead atoms. The van der Waals surface area contributed by atoms with E-state index in [1.807, 2.05) is 6.92 Å². The largest absolute Gasteiger partial charge is 0.416 e. The summed E-state index contributed by atoms with van der Waals surface area (Å²) in [6.07, 6.45) is -2.31. The number of nitrogens with zero attached hydrogens (tertiary/aromatic N) is 3. The monoisotopic (exact) mass is 531 g/mol. The van der Waals surface area contributed by atoms with Crippen molar-refractivity contribution in [3.05, 3.63) is 63.7 Å². The molecule has 1 saturated carbocycles. The van der Waals surface area contributed by atoms with Crippen LogP contribution in [-0.4, -0.2) is 34.9 Å². The number of hydrogen-bond acceptors (Lipinski definition) is 6. The predicted molar refractivity (Wildman–Crippen MR) is 132 cm³/mol. The lowest BCUT2D eigenvalue weighted by Crippen LogP contribution is -2.43. The van der Waals surface area contributed by atoms with Gasteiger partial charge in [0.2, 0.25) is 11.8 Å². The lowest BCUT2D eigenvalue weighted by Gasteiger charge is -2.39. The first-order valence-electron chi connectivity index (χ1n) is 12.7. The summed E-state index contributed by atoms with van der Waals surface area (Å²) in [4.78, 5) is 40.3. The van der Waals surface area contributed by atoms with E-state index in [1.54, 1.807) is 4.90 Å². The molecular weight excluding hydrogens is 503 g/mol. The van der Waals surface area contributed by atoms with Crippen molar-refractivity contribution < 1.29 is 32.8 Å². The SMILES string of the molecule is C[C@@H]1CC[C@H]2C(=O)N(c3ccc(N4CCC(O)(c5cccc(C(F)(F)F)c5)CC4)c([N+](=O)[O-])c3)C(=O)[C@@H]2C1. The van der Waals surface area contributed by atoms with Gasteiger partial charge >= 0.3 is 6.18 Å². The highest BCUT2D eigenvalue weighted by Crippen LogP contribution is 2.44. The van der Waals surface area contributed by atoms with Crippen molar-refractivity contribution in [2.45, 2.75) is 50.8 Å². The summed E-state index contributed by atoms with van der Waals surface area (Å²) in [5, 5.41) is 23.1. The third-order valence-electron chi connectivity index (χ3n) is 8.26. The lowest BCUT2D eigenvalue weighted by atomic mass is 9.76. The van der Waals surface area contributed by atoms with Gasteiger partial charge in [-0.1, -0.05) is 19.1 Å². The average Bonchev–Trinajstić information content (AvgIpc) is 3.12. The zero-order valence-corrected chi connectivity index (χ0v) is 20.8. The fourth-order valence-electron chi connectivity index (χ4n) is 6.10. The topological polar surface area (TPSA) is 104 Å². The Kier molecular flexibility index (Phi) is 6.45. The third-order valence-corrected chi connectivity index (χ3v) is 8.26. The summed E-state index contributed by atoms with van der Waals surface area (Å²) in [5.74, 6) is -1.11. The normalized spacial score (nSPS) is 25.4. The number of imide groups is 1. The molecule has 202 valence electrons. The van der Waals surface area contributed by atoms with Crippen LogP contribution in [0, 0.1) is 27.9 Å². The number of hydrogen-bond donors (Lipinski definition) is 1. The van der Waals surface area contributed by atoms with Crippen molar-refractivity contribution in [2.75, 3.05) is 22.9 Å². The number of nitro benzene ring substituents is 1. The van der Waals surface area contributed by atoms with Gasteiger partial charge in [-0.2, -0.15) is 13.2 Å². The molecule has 0 unspecified atom stereocenters. The molecule has 2 heterocycles. The molecule has 0 radical (unpaired) electrons. The predicted octanol–water partition coefficient (Wildman–Crippen LogP) is 5.03. The van der Waals surface area contributed by atoms with Gasteiger partial charge in [-0.3, -0.25) is 19.7 Å². The van der Waals surface area contributed by atoms with Crippen molar-refractivity contribution in [1.29, 1.82) is 0 Å². The number of aliphatic hydroxyl groups is 1. The maximum Gasteiger partial charge on any atom is 0.416 e. The summed E-state index contributed by atoms with van der Waals surface area (Å²) >= 11 is 0. The molecule has 11 heteroatoms. The Labute approximate surface area is 217 Å². The van der Waals surface area contributed by atoms with Crippen molar-refractivity contribution in [2.24, 2.45) is 17.8 Å². The number of halogens is 3. The fraction of sp³-hybridized carbons (Fsp3) is 0.481. The number of amides is 2. The van der Waals surface area contributed by atoms with Crippen LogP contribution >= 0.6 is 0 Å². The summed E-state index contributed by atoms with van der Waals surface area (Å²) in [7, 11) is 0. The van der Waals surface area contributed by atoms with Gasteiger partial charge in [0.25, 0.3) is 5.69 Å². The molecule has 2 aromatic rings. The van der Waals surface area contributed by atoms with Crippen molar-refractivity contribution in [1.82, 2.24) is 0 Å². The number of alkyl halides is 3. The number of carbonyl (C=O) groups is 2. The molecule has 38 heavy (non-hydrogen) atoms. The van der Waals surface area contributed by atoms with Gasteiger partial charge < -0.3 is 10.0 Å². The molecule has 8 nitrogen and oxygen atoms in total. The molecule has 3 atom stereocenters. The maximum atomic E-state index is 13.2. The molecular formula is C27H28F3N3O5. The Morgan fingerprint density at radius 3 is 2.37 bits per heavy atom. The van der Waals surface area contributed by atoms with E-state index in [1.165, 1.54) is 30.3 Å². The summed E-state index contributed by atoms with van der Waals surface area (Å²) in [6.45, 7) is 2.37. The molecule has 2 aliphatic heterocycles. The lowest BCUT2D eigenvalue weighted by molar-refractivity contribution is -0.384. The van der Waals surface area contributed by atoms with E-state index >= 15 is 0 Å². The molecule has 5 rings (SSSR count). The molecule has 2 aromatic carbocycles. The van der Waals surface area contributed by atoms with Gasteiger partial charge in [0, 0.05) is 19.2 Å². The van der Waals surface area contributed by atoms with Crippen LogP contribution in [0.3, 0.4) is 0 Å². The minimum atomic E-state index is -4.54. The maximum absolute atomic E-state index is 13.2. The number of nitro groups is 1. The highest BCUT2D eigenvalue weighted by Gasteiger charge is 2.50. The molecule has 1 N–H and O–H groups in total. The smallest absolute Gasteiger partial charge is 0.385 e. The number of piperidine rings is 1. The first-order valence-corrected chi connectivity index (χ1v) is 12.7. The van der Waals surface area contributed by atoms with E-state index in [2.05, 4.69) is 0 Å². The van der Waals surface area contributed by atoms with Crippen LogP contribution < -0.4 is 9.80 Å². The van der Waals surface area contributed by atoms with Crippen LogP contribution in [-0.2, 0) is 21.4 Å². The Morgan fingerprint density at radius 2 is 1.71 bits per heavy atom. The fourth-order valence-corrected chi connectivity index (χ4v) is 6.10. The Hall–Kier alpha value is -3.47. The van der Waals surface area contributed by atoms with Gasteiger partial charge in [-0.05, 0) is 67.9 Å². The van der Waals surface area contributed by atoms with Crippen LogP contribution in [0.15, 0.2) is 42.5 Å². The summed E-state index contributed by atoms with van der Waals surface area (Å²) in [5.41, 5.74) is -2.06. The van der Waals surface area contributed by atoms with Crippen LogP contribution in [0.5, 0.6) is 0 Å². The second-order valence-electron chi connectivity index (χ2n) is 10.7. The molecule has 3 aliphatic rings. The van der Waals surface area contributed by atoms with Crippen LogP contribution in [0.2, 0.25) is 0 Å². The van der Waals surface area contributed by atoms with Gasteiger partial charge in [0.05, 0.1) is 33.6 Å². The summed E-state index contributed by atoms with van der Waals surface area (Å²) < 4.78 is 39.5. The average molecular weight is 532 g/mol. The van der Waals surface area contributed by atoms with Gasteiger partial charge in [0.15, 0.2) is 0 Å². The first kappa shape index (κ1) is 26.1. The van der Waals surface area contributed by atoms with E-state index in [-0.39, 0.29) is 60.4 Å². The van der Waals surface area contributed by atoms with E-state index < -0.39 is 34.1 Å². The van der Waals surface area contributed by atoms with Crippen molar-refractivity contribution >= 4 is 28.9 Å². The van der Waals surface area contributed by atoms with Crippen LogP contribution in [0.4, 0.5) is 30.2 Å². The molecule has 2 amide bonds. The Balaban J connectivity index is 1.37. The number of carbonyl (C=O) groups excluding carboxylic acids is 2. The van der Waals surface area contributed by atoms with Crippen molar-refractivity contribution in [3.8, 4) is 0 Å². The van der Waals surface area contributed by atoms with Gasteiger partial charge in [0.1, 0.15) is 5.69 Å². The molecule has 1 aliphatic carbocycles. The Bertz CT molecular complexity index is 1290. The van der Waals surface area contributed by atoms with Crippen molar-refractivity contribution in [3.63, 3.8) is 0 Å². The second-order valence-corrected chi connectivity index (χ2v) is 10.7. The number of anilines is 2. The molecule has 0 aromatic heterocycles. The van der Waals surface area contributed by atoms with Crippen LogP contribution in [0.1, 0.15) is 50.2 Å². The quantitative estimate of drug-likeness (QED) is 0.337. The third kappa shape index (κ3) is 4.53.